The second-order valence-corrected chi connectivity index (χ2v) is 4.88. The molecule has 2 rings (SSSR count). The number of rotatable bonds is 6. The molecule has 1 heterocycles. The van der Waals surface area contributed by atoms with Crippen molar-refractivity contribution in [3.63, 3.8) is 0 Å². The molecular formula is C16H17N3O3. The van der Waals surface area contributed by atoms with Crippen molar-refractivity contribution in [2.75, 3.05) is 0 Å². The monoisotopic (exact) mass is 299 g/mol. The molecule has 1 aromatic heterocycles. The molecule has 114 valence electrons. The molecule has 0 fully saturated rings. The van der Waals surface area contributed by atoms with Crippen LogP contribution in [0.1, 0.15) is 41.0 Å². The van der Waals surface area contributed by atoms with Crippen molar-refractivity contribution in [3.05, 3.63) is 59.7 Å². The van der Waals surface area contributed by atoms with E-state index >= 15 is 0 Å². The van der Waals surface area contributed by atoms with Crippen molar-refractivity contribution in [2.45, 2.75) is 25.8 Å². The van der Waals surface area contributed by atoms with Gasteiger partial charge in [0.1, 0.15) is 0 Å². The first-order valence-electron chi connectivity index (χ1n) is 6.94. The number of aromatic nitrogens is 2. The molecule has 2 N–H and O–H groups in total. The summed E-state index contributed by atoms with van der Waals surface area (Å²) in [5.74, 6) is -1.14. The van der Waals surface area contributed by atoms with Gasteiger partial charge in [0.2, 0.25) is 0 Å². The number of nitrogens with one attached hydrogen (secondary N) is 1. The Bertz CT molecular complexity index is 659. The first-order valence-corrected chi connectivity index (χ1v) is 6.94. The summed E-state index contributed by atoms with van der Waals surface area (Å²) in [5, 5.41) is 11.6. The number of hydrogen-bond acceptors (Lipinski definition) is 4. The lowest BCUT2D eigenvalue weighted by atomic mass is 10.0. The highest BCUT2D eigenvalue weighted by molar-refractivity contribution is 5.96. The van der Waals surface area contributed by atoms with Crippen LogP contribution in [0, 0.1) is 0 Å². The Morgan fingerprint density at radius 2 is 2.05 bits per heavy atom. The summed E-state index contributed by atoms with van der Waals surface area (Å²) in [4.78, 5) is 31.2. The summed E-state index contributed by atoms with van der Waals surface area (Å²) in [6, 6.07) is 6.72. The van der Waals surface area contributed by atoms with E-state index in [2.05, 4.69) is 15.3 Å². The summed E-state index contributed by atoms with van der Waals surface area (Å²) in [7, 11) is 0. The number of hydrogen-bond donors (Lipinski definition) is 2. The fourth-order valence-corrected chi connectivity index (χ4v) is 2.08. The lowest BCUT2D eigenvalue weighted by Gasteiger charge is -2.14. The van der Waals surface area contributed by atoms with Gasteiger partial charge in [-0.2, -0.15) is 0 Å². The zero-order valence-electron chi connectivity index (χ0n) is 12.2. The van der Waals surface area contributed by atoms with E-state index in [4.69, 9.17) is 5.11 Å². The molecule has 0 saturated carbocycles. The minimum atomic E-state index is -0.886. The van der Waals surface area contributed by atoms with Gasteiger partial charge in [0.25, 0.3) is 5.91 Å². The van der Waals surface area contributed by atoms with Crippen LogP contribution in [0.2, 0.25) is 0 Å². The highest BCUT2D eigenvalue weighted by Gasteiger charge is 2.15. The molecule has 6 nitrogen and oxygen atoms in total. The van der Waals surface area contributed by atoms with E-state index in [-0.39, 0.29) is 18.4 Å². The molecule has 0 aliphatic rings. The first-order chi connectivity index (χ1) is 10.6. The van der Waals surface area contributed by atoms with Crippen LogP contribution < -0.4 is 5.32 Å². The van der Waals surface area contributed by atoms with Crippen LogP contribution in [-0.4, -0.2) is 27.0 Å². The largest absolute Gasteiger partial charge is 0.481 e. The number of amides is 1. The fourth-order valence-electron chi connectivity index (χ4n) is 2.08. The number of nitrogens with zero attached hydrogens (tertiary/aromatic N) is 2. The van der Waals surface area contributed by atoms with E-state index in [0.29, 0.717) is 23.2 Å². The minimum Gasteiger partial charge on any atom is -0.481 e. The maximum absolute atomic E-state index is 12.4. The SMILES string of the molecule is C[C@@H](NC(=O)c1ccccc1CCC(=O)O)c1cnccn1. The number of benzene rings is 1. The highest BCUT2D eigenvalue weighted by atomic mass is 16.4. The van der Waals surface area contributed by atoms with Gasteiger partial charge >= 0.3 is 5.97 Å². The second kappa shape index (κ2) is 7.31. The van der Waals surface area contributed by atoms with Crippen LogP contribution >= 0.6 is 0 Å². The summed E-state index contributed by atoms with van der Waals surface area (Å²) >= 11 is 0. The number of aryl methyl sites for hydroxylation is 1. The average molecular weight is 299 g/mol. The Kier molecular flexibility index (Phi) is 5.19. The Labute approximate surface area is 128 Å². The average Bonchev–Trinajstić information content (AvgIpc) is 2.54. The number of carbonyl (C=O) groups excluding carboxylic acids is 1. The number of aliphatic carboxylic acids is 1. The van der Waals surface area contributed by atoms with Crippen molar-refractivity contribution in [1.82, 2.24) is 15.3 Å². The minimum absolute atomic E-state index is 0.00991. The van der Waals surface area contributed by atoms with E-state index in [1.165, 1.54) is 0 Å². The van der Waals surface area contributed by atoms with E-state index in [1.54, 1.807) is 42.9 Å². The molecule has 22 heavy (non-hydrogen) atoms. The Balaban J connectivity index is 2.11. The van der Waals surface area contributed by atoms with Crippen LogP contribution in [0.4, 0.5) is 0 Å². The van der Waals surface area contributed by atoms with Crippen LogP contribution in [0.25, 0.3) is 0 Å². The van der Waals surface area contributed by atoms with E-state index in [1.807, 2.05) is 6.92 Å². The van der Waals surface area contributed by atoms with Gasteiger partial charge in [-0.15, -0.1) is 0 Å². The van der Waals surface area contributed by atoms with E-state index < -0.39 is 5.97 Å². The van der Waals surface area contributed by atoms with Crippen molar-refractivity contribution in [3.8, 4) is 0 Å². The molecule has 1 atom stereocenters. The lowest BCUT2D eigenvalue weighted by molar-refractivity contribution is -0.136. The maximum Gasteiger partial charge on any atom is 0.303 e. The van der Waals surface area contributed by atoms with Gasteiger partial charge in [-0.25, -0.2) is 0 Å². The van der Waals surface area contributed by atoms with Crippen molar-refractivity contribution >= 4 is 11.9 Å². The van der Waals surface area contributed by atoms with Crippen molar-refractivity contribution in [2.24, 2.45) is 0 Å². The number of carbonyl (C=O) groups is 2. The van der Waals surface area contributed by atoms with Crippen LogP contribution in [0.3, 0.4) is 0 Å². The molecule has 0 aliphatic carbocycles. The number of carboxylic acids is 1. The van der Waals surface area contributed by atoms with Crippen LogP contribution in [0.5, 0.6) is 0 Å². The molecule has 0 saturated heterocycles. The molecule has 0 bridgehead atoms. The Morgan fingerprint density at radius 1 is 1.27 bits per heavy atom. The van der Waals surface area contributed by atoms with Crippen molar-refractivity contribution < 1.29 is 14.7 Å². The summed E-state index contributed by atoms with van der Waals surface area (Å²) in [5.41, 5.74) is 1.87. The lowest BCUT2D eigenvalue weighted by Crippen LogP contribution is -2.28. The van der Waals surface area contributed by atoms with Gasteiger partial charge in [-0.3, -0.25) is 19.6 Å². The maximum atomic E-state index is 12.4. The van der Waals surface area contributed by atoms with Gasteiger partial charge < -0.3 is 10.4 Å². The third-order valence-corrected chi connectivity index (χ3v) is 3.24. The molecule has 0 radical (unpaired) electrons. The van der Waals surface area contributed by atoms with Gasteiger partial charge in [-0.1, -0.05) is 18.2 Å². The third kappa shape index (κ3) is 4.12. The molecular weight excluding hydrogens is 282 g/mol. The Morgan fingerprint density at radius 3 is 2.73 bits per heavy atom. The fraction of sp³-hybridized carbons (Fsp3) is 0.250. The smallest absolute Gasteiger partial charge is 0.303 e. The summed E-state index contributed by atoms with van der Waals surface area (Å²) in [6.07, 6.45) is 5.04. The van der Waals surface area contributed by atoms with Crippen LogP contribution in [0.15, 0.2) is 42.9 Å². The molecule has 0 unspecified atom stereocenters. The molecule has 0 aliphatic heterocycles. The van der Waals surface area contributed by atoms with E-state index in [0.717, 1.165) is 0 Å². The number of carboxylic acid groups (broad SMARTS) is 1. The molecule has 0 spiro atoms. The Hall–Kier alpha value is -2.76. The summed E-state index contributed by atoms with van der Waals surface area (Å²) < 4.78 is 0. The second-order valence-electron chi connectivity index (χ2n) is 4.88. The normalized spacial score (nSPS) is 11.7. The molecule has 1 amide bonds. The molecule has 1 aromatic carbocycles. The van der Waals surface area contributed by atoms with Crippen molar-refractivity contribution in [1.29, 1.82) is 0 Å². The van der Waals surface area contributed by atoms with Gasteiger partial charge in [0.05, 0.1) is 17.9 Å². The van der Waals surface area contributed by atoms with Gasteiger partial charge in [-0.05, 0) is 25.0 Å². The van der Waals surface area contributed by atoms with E-state index in [9.17, 15) is 9.59 Å². The summed E-state index contributed by atoms with van der Waals surface area (Å²) in [6.45, 7) is 1.82. The quantitative estimate of drug-likeness (QED) is 0.851. The topological polar surface area (TPSA) is 92.2 Å². The molecule has 2 aromatic rings. The van der Waals surface area contributed by atoms with Gasteiger partial charge in [0, 0.05) is 24.4 Å². The first kappa shape index (κ1) is 15.6. The zero-order valence-corrected chi connectivity index (χ0v) is 12.2. The molecule has 6 heteroatoms. The standard InChI is InChI=1S/C16H17N3O3/c1-11(14-10-17-8-9-18-14)19-16(22)13-5-3-2-4-12(13)6-7-15(20)21/h2-5,8-11H,6-7H2,1H3,(H,19,22)(H,20,21)/t11-/m1/s1. The predicted octanol–water partition coefficient (Wildman–Crippen LogP) is 1.98. The van der Waals surface area contributed by atoms with Crippen LogP contribution in [-0.2, 0) is 11.2 Å². The van der Waals surface area contributed by atoms with Gasteiger partial charge in [0.15, 0.2) is 0 Å². The zero-order chi connectivity index (χ0) is 15.9. The third-order valence-electron chi connectivity index (χ3n) is 3.24. The highest BCUT2D eigenvalue weighted by Crippen LogP contribution is 2.14. The predicted molar refractivity (Wildman–Crippen MR) is 80.3 cm³/mol.